The van der Waals surface area contributed by atoms with Crippen LogP contribution in [0.2, 0.25) is 0 Å². The Morgan fingerprint density at radius 2 is 1.24 bits per heavy atom. The third-order valence-corrected chi connectivity index (χ3v) is 16.5. The SMILES string of the molecule is CN(/C1=C(\C=C\C2=[N+](CCCCS(=O)(=O)[O-])c3ccc4ccccc4c3C2(C)C)c2ccccc2\C1=C/C=C1/N(CCCCS(=O)(=O)O)c2ccc3ccccc3c2C1(C)C)S(=O)(=O)C(F)(F)F.CN(C)C. The predicted molar refractivity (Wildman–Crippen MR) is 281 cm³/mol. The highest BCUT2D eigenvalue weighted by Crippen LogP contribution is 2.52. The number of rotatable bonds is 15. The van der Waals surface area contributed by atoms with E-state index in [1.807, 2.05) is 136 Å². The smallest absolute Gasteiger partial charge is 0.516 e. The van der Waals surface area contributed by atoms with Crippen molar-refractivity contribution in [1.29, 1.82) is 0 Å². The predicted octanol–water partition coefficient (Wildman–Crippen LogP) is 10.4. The molecule has 0 unspecified atom stereocenters. The Morgan fingerprint density at radius 1 is 0.681 bits per heavy atom. The van der Waals surface area contributed by atoms with Crippen LogP contribution in [0.3, 0.4) is 0 Å². The molecule has 0 radical (unpaired) electrons. The molecule has 2 heterocycles. The van der Waals surface area contributed by atoms with Gasteiger partial charge in [-0.1, -0.05) is 98.8 Å². The zero-order chi connectivity index (χ0) is 52.8. The second-order valence-electron chi connectivity index (χ2n) is 19.8. The third kappa shape index (κ3) is 10.8. The van der Waals surface area contributed by atoms with E-state index in [0.29, 0.717) is 41.4 Å². The summed E-state index contributed by atoms with van der Waals surface area (Å²) in [6.07, 6.45) is 7.86. The van der Waals surface area contributed by atoms with E-state index in [4.69, 9.17) is 0 Å². The van der Waals surface area contributed by atoms with Gasteiger partial charge in [0, 0.05) is 71.4 Å². The number of nitrogens with zero attached hydrogens (tertiary/aromatic N) is 4. The van der Waals surface area contributed by atoms with Crippen molar-refractivity contribution in [2.24, 2.45) is 0 Å². The fourth-order valence-electron chi connectivity index (χ4n) is 10.3. The molecule has 0 aromatic heterocycles. The van der Waals surface area contributed by atoms with Crippen LogP contribution in [0.5, 0.6) is 0 Å². The topological polar surface area (TPSA) is 158 Å². The molecule has 0 saturated heterocycles. The normalized spacial score (nSPS) is 17.7. The Bertz CT molecular complexity index is 3450. The number of anilines is 1. The monoisotopic (exact) mass is 1050 g/mol. The Balaban J connectivity index is 0.00000183. The maximum atomic E-state index is 14.7. The highest BCUT2D eigenvalue weighted by atomic mass is 32.2. The number of hydrogen-bond acceptors (Lipinski definition) is 9. The molecule has 2 aliphatic heterocycles. The summed E-state index contributed by atoms with van der Waals surface area (Å²) >= 11 is 0. The first-order chi connectivity index (χ1) is 33.6. The largest absolute Gasteiger partial charge is 0.748 e. The number of sulfonamides is 1. The standard InChI is InChI=1S/C51H52F3N3O8S3.C3H9N/c1-49(2)44(56(30-12-14-32-66(58,59)60)42-26-22-34-16-6-8-18-36(34)46(42)49)28-24-40-38-20-10-11-21-39(38)41(48(40)55(5)68(64,65)51(52,53)54)25-29-45-50(3,4)47-37-19-9-7-17-35(37)23-27-43(47)57(45)31-13-15-33-67(61,62)63;1-4(2)3/h6-11,16-29H,12-15,30-33H2,1-5H3,(H-,58,59,60,61,62,63);1-3H3. The zero-order valence-corrected chi connectivity index (χ0v) is 44.1. The fourth-order valence-corrected chi connectivity index (χ4v) is 12.2. The van der Waals surface area contributed by atoms with Gasteiger partial charge in [-0.15, -0.1) is 0 Å². The maximum absolute atomic E-state index is 14.7. The molecule has 3 aliphatic rings. The van der Waals surface area contributed by atoms with Crippen LogP contribution in [0.4, 0.5) is 24.5 Å². The van der Waals surface area contributed by atoms with Gasteiger partial charge in [0.25, 0.3) is 10.1 Å². The highest BCUT2D eigenvalue weighted by molar-refractivity contribution is 7.90. The van der Waals surface area contributed by atoms with Gasteiger partial charge in [-0.05, 0) is 117 Å². The molecule has 0 atom stereocenters. The summed E-state index contributed by atoms with van der Waals surface area (Å²) in [6, 6.07) is 30.6. The van der Waals surface area contributed by atoms with Gasteiger partial charge >= 0.3 is 15.5 Å². The van der Waals surface area contributed by atoms with Crippen LogP contribution in [-0.2, 0) is 41.1 Å². The number of benzene rings is 5. The molecule has 384 valence electrons. The van der Waals surface area contributed by atoms with Crippen molar-refractivity contribution in [3.05, 3.63) is 155 Å². The van der Waals surface area contributed by atoms with Crippen LogP contribution >= 0.6 is 0 Å². The summed E-state index contributed by atoms with van der Waals surface area (Å²) in [7, 11) is -7.74. The van der Waals surface area contributed by atoms with E-state index >= 15 is 0 Å². The summed E-state index contributed by atoms with van der Waals surface area (Å²) in [5.41, 5.74) is -0.764. The van der Waals surface area contributed by atoms with Gasteiger partial charge in [-0.3, -0.25) is 8.86 Å². The van der Waals surface area contributed by atoms with E-state index in [-0.39, 0.29) is 29.7 Å². The second-order valence-corrected chi connectivity index (χ2v) is 24.9. The molecule has 0 spiro atoms. The molecule has 0 fully saturated rings. The number of alkyl halides is 3. The van der Waals surface area contributed by atoms with Crippen molar-refractivity contribution < 1.29 is 52.1 Å². The minimum Gasteiger partial charge on any atom is -0.748 e. The number of hydrogen-bond donors (Lipinski definition) is 1. The van der Waals surface area contributed by atoms with E-state index < -0.39 is 58.1 Å². The molecule has 5 aromatic rings. The van der Waals surface area contributed by atoms with Crippen molar-refractivity contribution >= 4 is 80.0 Å². The lowest BCUT2D eigenvalue weighted by molar-refractivity contribution is -0.438. The van der Waals surface area contributed by atoms with Crippen molar-refractivity contribution in [1.82, 2.24) is 9.21 Å². The summed E-state index contributed by atoms with van der Waals surface area (Å²) in [4.78, 5) is 4.05. The van der Waals surface area contributed by atoms with Crippen molar-refractivity contribution in [3.8, 4) is 0 Å². The minimum absolute atomic E-state index is 0.106. The summed E-state index contributed by atoms with van der Waals surface area (Å²) in [5.74, 6) is -0.967. The zero-order valence-electron chi connectivity index (χ0n) is 41.7. The molecule has 12 nitrogen and oxygen atoms in total. The lowest BCUT2D eigenvalue weighted by Gasteiger charge is -2.27. The average molecular weight is 1050 g/mol. The molecule has 0 saturated carbocycles. The van der Waals surface area contributed by atoms with Crippen molar-refractivity contribution in [2.75, 3.05) is 57.7 Å². The third-order valence-electron chi connectivity index (χ3n) is 13.4. The van der Waals surface area contributed by atoms with E-state index in [2.05, 4.69) is 0 Å². The Labute approximate surface area is 421 Å². The number of unbranched alkanes of at least 4 members (excludes halogenated alkanes) is 2. The van der Waals surface area contributed by atoms with E-state index in [9.17, 15) is 47.5 Å². The van der Waals surface area contributed by atoms with Crippen molar-refractivity contribution in [2.45, 2.75) is 69.7 Å². The number of allylic oxidation sites excluding steroid dienone is 7. The first kappa shape index (κ1) is 54.2. The first-order valence-corrected chi connectivity index (χ1v) is 28.2. The number of halogens is 3. The summed E-state index contributed by atoms with van der Waals surface area (Å²) in [5, 5.41) is 3.93. The molecule has 18 heteroatoms. The van der Waals surface area contributed by atoms with Gasteiger partial charge in [-0.2, -0.15) is 34.6 Å². The van der Waals surface area contributed by atoms with Crippen LogP contribution in [0.1, 0.15) is 75.6 Å². The lowest BCUT2D eigenvalue weighted by atomic mass is 9.79. The van der Waals surface area contributed by atoms with Crippen molar-refractivity contribution in [3.63, 3.8) is 0 Å². The van der Waals surface area contributed by atoms with Crippen LogP contribution < -0.4 is 4.90 Å². The first-order valence-electron chi connectivity index (χ1n) is 23.5. The molecule has 0 amide bonds. The molecular formula is C54H61F3N4O8S3. The Morgan fingerprint density at radius 3 is 1.83 bits per heavy atom. The molecule has 1 aliphatic carbocycles. The molecule has 1 N–H and O–H groups in total. The van der Waals surface area contributed by atoms with Crippen LogP contribution in [0.15, 0.2) is 133 Å². The van der Waals surface area contributed by atoms with Gasteiger partial charge in [0.05, 0.1) is 27.0 Å². The number of likely N-dealkylation sites (N-methyl/N-ethyl adjacent to an activating group) is 1. The van der Waals surface area contributed by atoms with Gasteiger partial charge in [0.2, 0.25) is 5.69 Å². The van der Waals surface area contributed by atoms with Gasteiger partial charge < -0.3 is 14.4 Å². The minimum atomic E-state index is -5.97. The number of fused-ring (bicyclic) bond motifs is 7. The highest BCUT2D eigenvalue weighted by Gasteiger charge is 2.51. The van der Waals surface area contributed by atoms with Gasteiger partial charge in [0.15, 0.2) is 5.71 Å². The molecular weight excluding hydrogens is 986 g/mol. The molecule has 72 heavy (non-hydrogen) atoms. The summed E-state index contributed by atoms with van der Waals surface area (Å²) in [6.45, 7) is 8.75. The quantitative estimate of drug-likeness (QED) is 0.0608. The van der Waals surface area contributed by atoms with E-state index in [0.717, 1.165) is 62.5 Å². The van der Waals surface area contributed by atoms with Crippen LogP contribution in [-0.4, -0.2) is 112 Å². The van der Waals surface area contributed by atoms with Crippen LogP contribution in [0.25, 0.3) is 32.7 Å². The molecule has 8 rings (SSSR count). The maximum Gasteiger partial charge on any atom is 0.516 e. The fraction of sp³-hybridized carbons (Fsp3) is 0.352. The molecule has 0 bridgehead atoms. The van der Waals surface area contributed by atoms with Crippen LogP contribution in [0, 0.1) is 0 Å². The van der Waals surface area contributed by atoms with Gasteiger partial charge in [-0.25, -0.2) is 8.42 Å². The average Bonchev–Trinajstić information content (AvgIpc) is 3.81. The summed E-state index contributed by atoms with van der Waals surface area (Å²) < 4.78 is 141. The van der Waals surface area contributed by atoms with E-state index in [1.165, 1.54) is 0 Å². The second kappa shape index (κ2) is 20.3. The van der Waals surface area contributed by atoms with E-state index in [1.54, 1.807) is 48.6 Å². The lowest BCUT2D eigenvalue weighted by Crippen LogP contribution is -2.37. The Kier molecular flexibility index (Phi) is 15.3. The molecule has 5 aromatic carbocycles. The van der Waals surface area contributed by atoms with Gasteiger partial charge in [0.1, 0.15) is 6.54 Å². The Hall–Kier alpha value is -5.63.